The molecule has 0 radical (unpaired) electrons. The van der Waals surface area contributed by atoms with Crippen LogP contribution in [0.3, 0.4) is 0 Å². The maximum Gasteiger partial charge on any atom is 0.261 e. The Morgan fingerprint density at radius 1 is 1.13 bits per heavy atom. The number of nitrogens with zero attached hydrogens (tertiary/aromatic N) is 2. The van der Waals surface area contributed by atoms with E-state index in [1.807, 2.05) is 0 Å². The third-order valence-electron chi connectivity index (χ3n) is 6.11. The summed E-state index contributed by atoms with van der Waals surface area (Å²) in [4.78, 5) is 41.1. The Balaban J connectivity index is 1.54. The molecule has 7 nitrogen and oxygen atoms in total. The molecular weight excluding hydrogens is 450 g/mol. The molecule has 1 unspecified atom stereocenters. The summed E-state index contributed by atoms with van der Waals surface area (Å²) in [6.45, 7) is 8.22. The highest BCUT2D eigenvalue weighted by molar-refractivity contribution is 9.10. The molecule has 30 heavy (non-hydrogen) atoms. The molecule has 2 heterocycles. The van der Waals surface area contributed by atoms with Crippen LogP contribution in [0.1, 0.15) is 53.8 Å². The minimum absolute atomic E-state index is 0.0863. The van der Waals surface area contributed by atoms with Crippen molar-refractivity contribution in [1.29, 1.82) is 0 Å². The molecular formula is C22H30BrN3O4. The van der Waals surface area contributed by atoms with Gasteiger partial charge in [-0.1, -0.05) is 42.6 Å². The monoisotopic (exact) mass is 479 g/mol. The lowest BCUT2D eigenvalue weighted by molar-refractivity contribution is -0.121. The molecule has 0 bridgehead atoms. The maximum atomic E-state index is 12.5. The molecule has 1 aromatic carbocycles. The van der Waals surface area contributed by atoms with Gasteiger partial charge in [0.15, 0.2) is 0 Å². The first-order valence-corrected chi connectivity index (χ1v) is 11.5. The second-order valence-electron chi connectivity index (χ2n) is 7.80. The van der Waals surface area contributed by atoms with Gasteiger partial charge in [0.05, 0.1) is 24.3 Å². The number of hydrogen-bond acceptors (Lipinski definition) is 5. The Kier molecular flexibility index (Phi) is 8.02. The van der Waals surface area contributed by atoms with E-state index >= 15 is 0 Å². The molecule has 1 atom stereocenters. The quantitative estimate of drug-likeness (QED) is 0.550. The Morgan fingerprint density at radius 2 is 1.80 bits per heavy atom. The molecule has 3 amide bonds. The molecule has 1 aromatic rings. The lowest BCUT2D eigenvalue weighted by Gasteiger charge is -2.38. The van der Waals surface area contributed by atoms with Gasteiger partial charge < -0.3 is 10.1 Å². The normalized spacial score (nSPS) is 18.1. The molecule has 164 valence electrons. The number of nitrogens with one attached hydrogen (secondary N) is 1. The number of fused-ring (bicyclic) bond motifs is 1. The second-order valence-corrected chi connectivity index (χ2v) is 8.71. The third kappa shape index (κ3) is 5.10. The van der Waals surface area contributed by atoms with Crippen LogP contribution in [0, 0.1) is 5.92 Å². The smallest absolute Gasteiger partial charge is 0.261 e. The van der Waals surface area contributed by atoms with Crippen LogP contribution < -0.4 is 5.32 Å². The van der Waals surface area contributed by atoms with Crippen LogP contribution in [-0.4, -0.2) is 73.0 Å². The number of hydrogen-bond donors (Lipinski definition) is 1. The number of benzene rings is 1. The predicted molar refractivity (Wildman–Crippen MR) is 117 cm³/mol. The highest BCUT2D eigenvalue weighted by atomic mass is 79.9. The first kappa shape index (κ1) is 22.9. The van der Waals surface area contributed by atoms with Crippen LogP contribution in [0.4, 0.5) is 0 Å². The van der Waals surface area contributed by atoms with Crippen LogP contribution in [0.15, 0.2) is 22.7 Å². The fraction of sp³-hybridized carbons (Fsp3) is 0.591. The number of imide groups is 1. The van der Waals surface area contributed by atoms with Gasteiger partial charge in [-0.15, -0.1) is 0 Å². The molecule has 2 aliphatic rings. The van der Waals surface area contributed by atoms with E-state index in [1.165, 1.54) is 0 Å². The summed E-state index contributed by atoms with van der Waals surface area (Å²) in [5, 5.41) is 3.03. The molecule has 0 aliphatic carbocycles. The number of morpholine rings is 1. The number of carbonyl (C=O) groups is 3. The van der Waals surface area contributed by atoms with E-state index in [-0.39, 0.29) is 36.7 Å². The minimum atomic E-state index is -0.340. The zero-order valence-electron chi connectivity index (χ0n) is 17.7. The Morgan fingerprint density at radius 3 is 2.47 bits per heavy atom. The van der Waals surface area contributed by atoms with Crippen molar-refractivity contribution in [2.24, 2.45) is 5.92 Å². The van der Waals surface area contributed by atoms with Crippen LogP contribution in [0.25, 0.3) is 0 Å². The van der Waals surface area contributed by atoms with Crippen molar-refractivity contribution >= 4 is 33.7 Å². The van der Waals surface area contributed by atoms with Gasteiger partial charge in [0.1, 0.15) is 0 Å². The summed E-state index contributed by atoms with van der Waals surface area (Å²) < 4.78 is 6.22. The zero-order chi connectivity index (χ0) is 21.7. The molecule has 0 aromatic heterocycles. The minimum Gasteiger partial charge on any atom is -0.379 e. The summed E-state index contributed by atoms with van der Waals surface area (Å²) in [6.07, 6.45) is 2.21. The average molecular weight is 480 g/mol. The van der Waals surface area contributed by atoms with Gasteiger partial charge >= 0.3 is 0 Å². The van der Waals surface area contributed by atoms with Gasteiger partial charge in [-0.25, -0.2) is 0 Å². The first-order valence-electron chi connectivity index (χ1n) is 10.7. The Labute approximate surface area is 186 Å². The number of ether oxygens (including phenoxy) is 1. The molecule has 0 saturated carbocycles. The molecule has 3 rings (SSSR count). The Bertz CT molecular complexity index is 791. The van der Waals surface area contributed by atoms with Gasteiger partial charge in [-0.2, -0.15) is 0 Å². The van der Waals surface area contributed by atoms with Gasteiger partial charge in [0.2, 0.25) is 5.91 Å². The van der Waals surface area contributed by atoms with Crippen LogP contribution in [0.5, 0.6) is 0 Å². The standard InChI is InChI=1S/C22H30BrN3O4/c1-3-15(4-2)19(25-9-11-30-12-10-25)14-24-20(27)7-8-26-21(28)17-6-5-16(23)13-18(17)22(26)29/h5-6,13,15,19H,3-4,7-12,14H2,1-2H3,(H,24,27). The Hall–Kier alpha value is -1.77. The maximum absolute atomic E-state index is 12.5. The van der Waals surface area contributed by atoms with Crippen molar-refractivity contribution < 1.29 is 19.1 Å². The van der Waals surface area contributed by atoms with Gasteiger partial charge in [0.25, 0.3) is 11.8 Å². The van der Waals surface area contributed by atoms with Gasteiger partial charge in [0, 0.05) is 43.1 Å². The summed E-state index contributed by atoms with van der Waals surface area (Å²) in [7, 11) is 0. The molecule has 2 aliphatic heterocycles. The largest absolute Gasteiger partial charge is 0.379 e. The van der Waals surface area contributed by atoms with Crippen LogP contribution in [-0.2, 0) is 9.53 Å². The predicted octanol–water partition coefficient (Wildman–Crippen LogP) is 2.69. The first-order chi connectivity index (χ1) is 14.5. The fourth-order valence-electron chi connectivity index (χ4n) is 4.32. The van der Waals surface area contributed by atoms with E-state index in [9.17, 15) is 14.4 Å². The number of amides is 3. The van der Waals surface area contributed by atoms with Crippen molar-refractivity contribution in [3.05, 3.63) is 33.8 Å². The van der Waals surface area contributed by atoms with Crippen molar-refractivity contribution in [2.45, 2.75) is 39.2 Å². The van der Waals surface area contributed by atoms with E-state index in [0.29, 0.717) is 23.6 Å². The lowest BCUT2D eigenvalue weighted by atomic mass is 9.92. The van der Waals surface area contributed by atoms with Gasteiger partial charge in [-0.3, -0.25) is 24.2 Å². The fourth-order valence-corrected chi connectivity index (χ4v) is 4.68. The summed E-state index contributed by atoms with van der Waals surface area (Å²) in [6, 6.07) is 5.30. The number of halogens is 1. The van der Waals surface area contributed by atoms with Crippen molar-refractivity contribution in [3.63, 3.8) is 0 Å². The van der Waals surface area contributed by atoms with E-state index in [0.717, 1.165) is 48.5 Å². The van der Waals surface area contributed by atoms with E-state index in [4.69, 9.17) is 4.74 Å². The molecule has 0 spiro atoms. The van der Waals surface area contributed by atoms with Crippen LogP contribution >= 0.6 is 15.9 Å². The number of carbonyl (C=O) groups excluding carboxylic acids is 3. The van der Waals surface area contributed by atoms with Crippen molar-refractivity contribution in [1.82, 2.24) is 15.1 Å². The highest BCUT2D eigenvalue weighted by Crippen LogP contribution is 2.26. The average Bonchev–Trinajstić information content (AvgIpc) is 2.99. The lowest BCUT2D eigenvalue weighted by Crippen LogP contribution is -2.52. The summed E-state index contributed by atoms with van der Waals surface area (Å²) in [5.41, 5.74) is 0.778. The van der Waals surface area contributed by atoms with E-state index in [2.05, 4.69) is 40.0 Å². The van der Waals surface area contributed by atoms with E-state index in [1.54, 1.807) is 18.2 Å². The van der Waals surface area contributed by atoms with Gasteiger partial charge in [-0.05, 0) is 24.1 Å². The molecule has 1 N–H and O–H groups in total. The van der Waals surface area contributed by atoms with Crippen molar-refractivity contribution in [2.75, 3.05) is 39.4 Å². The van der Waals surface area contributed by atoms with Crippen LogP contribution in [0.2, 0.25) is 0 Å². The highest BCUT2D eigenvalue weighted by Gasteiger charge is 2.35. The second kappa shape index (κ2) is 10.5. The topological polar surface area (TPSA) is 79.0 Å². The van der Waals surface area contributed by atoms with Crippen molar-refractivity contribution in [3.8, 4) is 0 Å². The molecule has 1 saturated heterocycles. The molecule has 1 fully saturated rings. The zero-order valence-corrected chi connectivity index (χ0v) is 19.2. The molecule has 8 heteroatoms. The summed E-state index contributed by atoms with van der Waals surface area (Å²) in [5.74, 6) is -0.319. The summed E-state index contributed by atoms with van der Waals surface area (Å²) >= 11 is 3.33. The number of rotatable bonds is 9. The van der Waals surface area contributed by atoms with E-state index < -0.39 is 0 Å². The third-order valence-corrected chi connectivity index (χ3v) is 6.60. The SMILES string of the molecule is CCC(CC)C(CNC(=O)CCN1C(=O)c2ccc(Br)cc2C1=O)N1CCOCC1.